The fourth-order valence-electron chi connectivity index (χ4n) is 2.91. The molecule has 8 nitrogen and oxygen atoms in total. The number of urea groups is 1. The van der Waals surface area contributed by atoms with Gasteiger partial charge < -0.3 is 14.8 Å². The van der Waals surface area contributed by atoms with Gasteiger partial charge in [-0.1, -0.05) is 41.4 Å². The molecule has 0 fully saturated rings. The zero-order chi connectivity index (χ0) is 24.8. The summed E-state index contributed by atoms with van der Waals surface area (Å²) < 4.78 is 11.4. The SMILES string of the molecule is Cc1ccccc1/C(=N/C(=O)Nc1cc(Cl)c(Oc2ccc([N+](=O)[O-])cc2)c(Cl)c1)OC(C)C. The van der Waals surface area contributed by atoms with Gasteiger partial charge in [-0.05, 0) is 56.7 Å². The van der Waals surface area contributed by atoms with Crippen LogP contribution in [0, 0.1) is 17.0 Å². The van der Waals surface area contributed by atoms with E-state index in [9.17, 15) is 14.9 Å². The van der Waals surface area contributed by atoms with Gasteiger partial charge in [0.15, 0.2) is 5.75 Å². The molecule has 0 aliphatic heterocycles. The van der Waals surface area contributed by atoms with Crippen molar-refractivity contribution in [2.75, 3.05) is 5.32 Å². The maximum atomic E-state index is 12.6. The number of hydrogen-bond donors (Lipinski definition) is 1. The lowest BCUT2D eigenvalue weighted by Crippen LogP contribution is -2.18. The van der Waals surface area contributed by atoms with Gasteiger partial charge in [-0.25, -0.2) is 4.79 Å². The monoisotopic (exact) mass is 501 g/mol. The van der Waals surface area contributed by atoms with Crippen LogP contribution < -0.4 is 10.1 Å². The molecule has 0 bridgehead atoms. The molecule has 176 valence electrons. The van der Waals surface area contributed by atoms with Crippen LogP contribution in [0.4, 0.5) is 16.2 Å². The summed E-state index contributed by atoms with van der Waals surface area (Å²) in [6.07, 6.45) is -0.189. The van der Waals surface area contributed by atoms with E-state index in [4.69, 9.17) is 32.7 Å². The number of rotatable bonds is 6. The molecule has 10 heteroatoms. The summed E-state index contributed by atoms with van der Waals surface area (Å²) in [6.45, 7) is 5.58. The van der Waals surface area contributed by atoms with E-state index in [0.29, 0.717) is 17.0 Å². The minimum absolute atomic E-state index is 0.0744. The zero-order valence-electron chi connectivity index (χ0n) is 18.5. The number of nitrogens with zero attached hydrogens (tertiary/aromatic N) is 2. The third-order valence-electron chi connectivity index (χ3n) is 4.44. The van der Waals surface area contributed by atoms with Crippen LogP contribution in [0.5, 0.6) is 11.5 Å². The van der Waals surface area contributed by atoms with Crippen LogP contribution in [0.15, 0.2) is 65.7 Å². The molecule has 0 radical (unpaired) electrons. The standard InChI is InChI=1S/C24H21Cl2N3O5/c1-14(2)33-23(19-7-5-4-6-15(19)3)28-24(30)27-16-12-20(25)22(21(26)13-16)34-18-10-8-17(9-11-18)29(31)32/h4-14H,1-3H3,(H,27,30)/b28-23-. The van der Waals surface area contributed by atoms with Crippen molar-refractivity contribution in [3.8, 4) is 11.5 Å². The van der Waals surface area contributed by atoms with E-state index >= 15 is 0 Å². The number of ether oxygens (including phenoxy) is 2. The molecule has 3 rings (SSSR count). The Hall–Kier alpha value is -3.62. The summed E-state index contributed by atoms with van der Waals surface area (Å²) in [7, 11) is 0. The molecular weight excluding hydrogens is 481 g/mol. The second-order valence-electron chi connectivity index (χ2n) is 7.45. The average molecular weight is 502 g/mol. The van der Waals surface area contributed by atoms with E-state index in [2.05, 4.69) is 10.3 Å². The minimum Gasteiger partial charge on any atom is -0.474 e. The predicted octanol–water partition coefficient (Wildman–Crippen LogP) is 7.41. The van der Waals surface area contributed by atoms with Gasteiger partial charge in [0.2, 0.25) is 5.90 Å². The normalized spacial score (nSPS) is 11.3. The lowest BCUT2D eigenvalue weighted by Gasteiger charge is -2.15. The van der Waals surface area contributed by atoms with E-state index in [1.54, 1.807) is 0 Å². The van der Waals surface area contributed by atoms with Gasteiger partial charge in [0, 0.05) is 23.4 Å². The van der Waals surface area contributed by atoms with Gasteiger partial charge in [0.05, 0.1) is 21.1 Å². The number of nitrogens with one attached hydrogen (secondary N) is 1. The molecular formula is C24H21Cl2N3O5. The second kappa shape index (κ2) is 11.0. The van der Waals surface area contributed by atoms with E-state index in [0.717, 1.165) is 5.56 Å². The smallest absolute Gasteiger partial charge is 0.348 e. The Kier molecular flexibility index (Phi) is 8.09. The van der Waals surface area contributed by atoms with Gasteiger partial charge >= 0.3 is 6.03 Å². The Bertz CT molecular complexity index is 1220. The number of nitro groups is 1. The number of halogens is 2. The van der Waals surface area contributed by atoms with Crippen molar-refractivity contribution in [1.82, 2.24) is 0 Å². The van der Waals surface area contributed by atoms with E-state index in [-0.39, 0.29) is 33.5 Å². The zero-order valence-corrected chi connectivity index (χ0v) is 20.1. The van der Waals surface area contributed by atoms with Crippen molar-refractivity contribution in [2.24, 2.45) is 4.99 Å². The molecule has 0 heterocycles. The lowest BCUT2D eigenvalue weighted by molar-refractivity contribution is -0.384. The van der Waals surface area contributed by atoms with Crippen LogP contribution in [0.2, 0.25) is 10.0 Å². The van der Waals surface area contributed by atoms with Crippen molar-refractivity contribution < 1.29 is 19.2 Å². The molecule has 0 spiro atoms. The molecule has 0 atom stereocenters. The predicted molar refractivity (Wildman–Crippen MR) is 133 cm³/mol. The number of anilines is 1. The Morgan fingerprint density at radius 1 is 1.06 bits per heavy atom. The molecule has 1 N–H and O–H groups in total. The molecule has 0 saturated heterocycles. The number of carbonyl (C=O) groups excluding carboxylic acids is 1. The Balaban J connectivity index is 1.80. The Morgan fingerprint density at radius 3 is 2.24 bits per heavy atom. The first-order valence-corrected chi connectivity index (χ1v) is 10.9. The molecule has 3 aromatic carbocycles. The van der Waals surface area contributed by atoms with E-state index < -0.39 is 11.0 Å². The number of aliphatic imine (C=N–C) groups is 1. The minimum atomic E-state index is -0.671. The first kappa shape index (κ1) is 25.0. The van der Waals surface area contributed by atoms with Crippen LogP contribution in [0.25, 0.3) is 0 Å². The Morgan fingerprint density at radius 2 is 1.68 bits per heavy atom. The van der Waals surface area contributed by atoms with E-state index in [1.165, 1.54) is 36.4 Å². The summed E-state index contributed by atoms with van der Waals surface area (Å²) in [5, 5.41) is 13.7. The highest BCUT2D eigenvalue weighted by Gasteiger charge is 2.16. The van der Waals surface area contributed by atoms with Crippen LogP contribution >= 0.6 is 23.2 Å². The van der Waals surface area contributed by atoms with Gasteiger partial charge in [-0.2, -0.15) is 4.99 Å². The molecule has 0 aliphatic carbocycles. The highest BCUT2D eigenvalue weighted by atomic mass is 35.5. The number of nitro benzene ring substituents is 1. The summed E-state index contributed by atoms with van der Waals surface area (Å²) >= 11 is 12.6. The van der Waals surface area contributed by atoms with Crippen LogP contribution in [-0.2, 0) is 4.74 Å². The summed E-state index contributed by atoms with van der Waals surface area (Å²) in [4.78, 5) is 27.0. The first-order valence-electron chi connectivity index (χ1n) is 10.2. The molecule has 0 unspecified atom stereocenters. The highest BCUT2D eigenvalue weighted by Crippen LogP contribution is 2.39. The number of non-ortho nitro benzene ring substituents is 1. The van der Waals surface area contributed by atoms with Crippen LogP contribution in [0.3, 0.4) is 0 Å². The van der Waals surface area contributed by atoms with Gasteiger partial charge in [0.25, 0.3) is 5.69 Å². The van der Waals surface area contributed by atoms with Gasteiger partial charge in [-0.3, -0.25) is 10.1 Å². The number of carbonyl (C=O) groups is 1. The molecule has 0 aliphatic rings. The average Bonchev–Trinajstić information content (AvgIpc) is 2.76. The third kappa shape index (κ3) is 6.46. The van der Waals surface area contributed by atoms with Crippen molar-refractivity contribution in [3.05, 3.63) is 92.0 Å². The number of amides is 2. The molecule has 2 amide bonds. The van der Waals surface area contributed by atoms with E-state index in [1.807, 2.05) is 45.0 Å². The van der Waals surface area contributed by atoms with Crippen LogP contribution in [-0.4, -0.2) is 23.0 Å². The number of aryl methyl sites for hydroxylation is 1. The van der Waals surface area contributed by atoms with Crippen LogP contribution in [0.1, 0.15) is 25.0 Å². The van der Waals surface area contributed by atoms with Crippen molar-refractivity contribution in [3.63, 3.8) is 0 Å². The number of benzene rings is 3. The fourth-order valence-corrected chi connectivity index (χ4v) is 3.48. The first-order chi connectivity index (χ1) is 16.1. The topological polar surface area (TPSA) is 103 Å². The molecule has 0 saturated carbocycles. The largest absolute Gasteiger partial charge is 0.474 e. The maximum absolute atomic E-state index is 12.6. The van der Waals surface area contributed by atoms with Crippen molar-refractivity contribution >= 4 is 46.5 Å². The summed E-state index contributed by atoms with van der Waals surface area (Å²) in [5.74, 6) is 0.646. The Labute approximate surface area is 206 Å². The lowest BCUT2D eigenvalue weighted by atomic mass is 10.1. The molecule has 3 aromatic rings. The maximum Gasteiger partial charge on any atom is 0.348 e. The van der Waals surface area contributed by atoms with Gasteiger partial charge in [0.1, 0.15) is 5.75 Å². The van der Waals surface area contributed by atoms with Crippen molar-refractivity contribution in [2.45, 2.75) is 26.9 Å². The summed E-state index contributed by atoms with van der Waals surface area (Å²) in [6, 6.07) is 15.1. The number of hydrogen-bond acceptors (Lipinski definition) is 5. The quantitative estimate of drug-likeness (QED) is 0.164. The van der Waals surface area contributed by atoms with Crippen molar-refractivity contribution in [1.29, 1.82) is 0 Å². The fraction of sp³-hybridized carbons (Fsp3) is 0.167. The third-order valence-corrected chi connectivity index (χ3v) is 5.00. The van der Waals surface area contributed by atoms with Gasteiger partial charge in [-0.15, -0.1) is 0 Å². The highest BCUT2D eigenvalue weighted by molar-refractivity contribution is 6.37. The second-order valence-corrected chi connectivity index (χ2v) is 8.27. The molecule has 0 aromatic heterocycles. The summed E-state index contributed by atoms with van der Waals surface area (Å²) in [5.41, 5.74) is 1.84. The molecule has 34 heavy (non-hydrogen) atoms.